The zero-order valence-electron chi connectivity index (χ0n) is 15.7. The average Bonchev–Trinajstić information content (AvgIpc) is 3.08. The average molecular weight is 410 g/mol. The van der Waals surface area contributed by atoms with E-state index in [2.05, 4.69) is 15.4 Å². The number of aliphatic imine (C=N–C) groups is 1. The van der Waals surface area contributed by atoms with Crippen molar-refractivity contribution >= 4 is 27.4 Å². The van der Waals surface area contributed by atoms with E-state index in [9.17, 15) is 8.42 Å². The van der Waals surface area contributed by atoms with Crippen molar-refractivity contribution in [2.75, 3.05) is 25.9 Å². The fourth-order valence-corrected chi connectivity index (χ4v) is 4.52. The number of benzene rings is 1. The molecule has 0 spiro atoms. The molecule has 1 N–H and O–H groups in total. The van der Waals surface area contributed by atoms with E-state index in [1.165, 1.54) is 0 Å². The van der Waals surface area contributed by atoms with Gasteiger partial charge in [-0.15, -0.1) is 0 Å². The Hall–Kier alpha value is -2.06. The van der Waals surface area contributed by atoms with Crippen molar-refractivity contribution in [1.29, 1.82) is 0 Å². The Morgan fingerprint density at radius 1 is 1.33 bits per heavy atom. The number of hydrogen-bond donors (Lipinski definition) is 1. The monoisotopic (exact) mass is 409 g/mol. The van der Waals surface area contributed by atoms with Crippen molar-refractivity contribution in [3.63, 3.8) is 0 Å². The first-order chi connectivity index (χ1) is 12.7. The van der Waals surface area contributed by atoms with Gasteiger partial charge < -0.3 is 10.2 Å². The Morgan fingerprint density at radius 2 is 2.04 bits per heavy atom. The maximum Gasteiger partial charge on any atom is 0.193 e. The number of sulfone groups is 1. The first-order valence-corrected chi connectivity index (χ1v) is 10.7. The molecule has 0 amide bonds. The SMILES string of the molecule is CN=C(NCc1cnn(-c2ccc(Cl)cc2)c1)N1CCS(=O)(=O)C(C)(C)C1. The lowest BCUT2D eigenvalue weighted by Crippen LogP contribution is -2.57. The third kappa shape index (κ3) is 4.27. The molecule has 0 saturated carbocycles. The number of halogens is 1. The van der Waals surface area contributed by atoms with Crippen LogP contribution in [0.15, 0.2) is 41.7 Å². The van der Waals surface area contributed by atoms with Crippen molar-refractivity contribution in [2.24, 2.45) is 4.99 Å². The van der Waals surface area contributed by atoms with Gasteiger partial charge in [0, 0.05) is 43.5 Å². The first-order valence-electron chi connectivity index (χ1n) is 8.69. The highest BCUT2D eigenvalue weighted by Gasteiger charge is 2.40. The molecule has 0 atom stereocenters. The van der Waals surface area contributed by atoms with Crippen molar-refractivity contribution in [3.05, 3.63) is 47.2 Å². The summed E-state index contributed by atoms with van der Waals surface area (Å²) in [5.74, 6) is 0.826. The van der Waals surface area contributed by atoms with Crippen molar-refractivity contribution in [1.82, 2.24) is 20.0 Å². The van der Waals surface area contributed by atoms with E-state index < -0.39 is 14.6 Å². The van der Waals surface area contributed by atoms with Gasteiger partial charge in [0.05, 0.1) is 22.4 Å². The van der Waals surface area contributed by atoms with Crippen molar-refractivity contribution in [2.45, 2.75) is 25.1 Å². The summed E-state index contributed by atoms with van der Waals surface area (Å²) in [6.07, 6.45) is 3.73. The van der Waals surface area contributed by atoms with Crippen LogP contribution in [0.5, 0.6) is 0 Å². The summed E-state index contributed by atoms with van der Waals surface area (Å²) in [5, 5.41) is 8.36. The maximum absolute atomic E-state index is 12.2. The number of nitrogens with one attached hydrogen (secondary N) is 1. The lowest BCUT2D eigenvalue weighted by molar-refractivity contribution is 0.353. The van der Waals surface area contributed by atoms with E-state index in [0.717, 1.165) is 11.3 Å². The molecule has 0 radical (unpaired) electrons. The lowest BCUT2D eigenvalue weighted by Gasteiger charge is -2.39. The van der Waals surface area contributed by atoms with E-state index >= 15 is 0 Å². The Balaban J connectivity index is 1.65. The Bertz CT molecular complexity index is 935. The minimum atomic E-state index is -3.08. The summed E-state index contributed by atoms with van der Waals surface area (Å²) in [6.45, 7) is 4.92. The highest BCUT2D eigenvalue weighted by molar-refractivity contribution is 7.92. The molecule has 27 heavy (non-hydrogen) atoms. The van der Waals surface area contributed by atoms with E-state index in [0.29, 0.717) is 30.6 Å². The molecule has 1 aliphatic heterocycles. The summed E-state index contributed by atoms with van der Waals surface area (Å²) >= 11 is 5.92. The van der Waals surface area contributed by atoms with Gasteiger partial charge in [-0.2, -0.15) is 5.10 Å². The Kier molecular flexibility index (Phi) is 5.48. The van der Waals surface area contributed by atoms with Gasteiger partial charge in [0.25, 0.3) is 0 Å². The largest absolute Gasteiger partial charge is 0.352 e. The number of nitrogens with zero attached hydrogens (tertiary/aromatic N) is 4. The van der Waals surface area contributed by atoms with E-state index in [4.69, 9.17) is 11.6 Å². The van der Waals surface area contributed by atoms with Gasteiger partial charge in [-0.05, 0) is 38.1 Å². The summed E-state index contributed by atoms with van der Waals surface area (Å²) in [6, 6.07) is 7.46. The van der Waals surface area contributed by atoms with Gasteiger partial charge in [0.15, 0.2) is 15.8 Å². The molecule has 1 aromatic heterocycles. The second-order valence-electron chi connectivity index (χ2n) is 7.17. The number of aromatic nitrogens is 2. The predicted octanol–water partition coefficient (Wildman–Crippen LogP) is 2.11. The second kappa shape index (κ2) is 7.52. The molecule has 1 saturated heterocycles. The van der Waals surface area contributed by atoms with Crippen molar-refractivity contribution in [3.8, 4) is 5.69 Å². The molecule has 0 unspecified atom stereocenters. The molecule has 1 fully saturated rings. The first kappa shape index (κ1) is 19.7. The van der Waals surface area contributed by atoms with Gasteiger partial charge in [-0.25, -0.2) is 13.1 Å². The fourth-order valence-electron chi connectivity index (χ4n) is 3.02. The molecule has 2 heterocycles. The number of hydrogen-bond acceptors (Lipinski definition) is 4. The van der Waals surface area contributed by atoms with Crippen LogP contribution in [-0.4, -0.2) is 59.7 Å². The summed E-state index contributed by atoms with van der Waals surface area (Å²) in [5.41, 5.74) is 1.92. The summed E-state index contributed by atoms with van der Waals surface area (Å²) in [7, 11) is -1.38. The topological polar surface area (TPSA) is 79.6 Å². The molecule has 9 heteroatoms. The Morgan fingerprint density at radius 3 is 2.67 bits per heavy atom. The molecular weight excluding hydrogens is 386 g/mol. The van der Waals surface area contributed by atoms with Gasteiger partial charge in [0.2, 0.25) is 0 Å². The third-order valence-electron chi connectivity index (χ3n) is 4.73. The highest BCUT2D eigenvalue weighted by Crippen LogP contribution is 2.23. The van der Waals surface area contributed by atoms with Crippen LogP contribution in [0.4, 0.5) is 0 Å². The second-order valence-corrected chi connectivity index (χ2v) is 10.3. The molecule has 2 aromatic rings. The number of rotatable bonds is 3. The van der Waals surface area contributed by atoms with Crippen LogP contribution < -0.4 is 5.32 Å². The maximum atomic E-state index is 12.2. The van der Waals surface area contributed by atoms with Crippen molar-refractivity contribution < 1.29 is 8.42 Å². The normalized spacial score (nSPS) is 19.1. The molecule has 3 rings (SSSR count). The molecule has 1 aliphatic rings. The van der Waals surface area contributed by atoms with Gasteiger partial charge >= 0.3 is 0 Å². The van der Waals surface area contributed by atoms with E-state index in [1.54, 1.807) is 31.8 Å². The van der Waals surface area contributed by atoms with Gasteiger partial charge in [-0.1, -0.05) is 11.6 Å². The third-order valence-corrected chi connectivity index (χ3v) is 7.52. The van der Waals surface area contributed by atoms with E-state index in [-0.39, 0.29) is 5.75 Å². The van der Waals surface area contributed by atoms with Crippen LogP contribution in [0.1, 0.15) is 19.4 Å². The van der Waals surface area contributed by atoms with Gasteiger partial charge in [0.1, 0.15) is 0 Å². The van der Waals surface area contributed by atoms with Gasteiger partial charge in [-0.3, -0.25) is 4.99 Å². The zero-order valence-corrected chi connectivity index (χ0v) is 17.3. The van der Waals surface area contributed by atoms with Crippen LogP contribution in [0, 0.1) is 0 Å². The molecular formula is C18H24ClN5O2S. The van der Waals surface area contributed by atoms with Crippen LogP contribution in [0.2, 0.25) is 5.02 Å². The van der Waals surface area contributed by atoms with Crippen LogP contribution >= 0.6 is 11.6 Å². The smallest absolute Gasteiger partial charge is 0.193 e. The minimum absolute atomic E-state index is 0.134. The van der Waals surface area contributed by atoms with Crippen LogP contribution in [0.25, 0.3) is 5.69 Å². The lowest BCUT2D eigenvalue weighted by atomic mass is 10.2. The van der Waals surface area contributed by atoms with Crippen LogP contribution in [-0.2, 0) is 16.4 Å². The summed E-state index contributed by atoms with van der Waals surface area (Å²) in [4.78, 5) is 6.30. The molecule has 146 valence electrons. The standard InChI is InChI=1S/C18H24ClN5O2S/c1-18(2)13-23(8-9-27(18,25)26)17(20-3)21-10-14-11-22-24(12-14)16-6-4-15(19)5-7-16/h4-7,11-12H,8-10,13H2,1-3H3,(H,20,21). The predicted molar refractivity (Wildman–Crippen MR) is 108 cm³/mol. The Labute approximate surface area is 165 Å². The fraction of sp³-hybridized carbons (Fsp3) is 0.444. The highest BCUT2D eigenvalue weighted by atomic mass is 35.5. The molecule has 0 aliphatic carbocycles. The quantitative estimate of drug-likeness (QED) is 0.620. The molecule has 1 aromatic carbocycles. The van der Waals surface area contributed by atoms with Crippen LogP contribution in [0.3, 0.4) is 0 Å². The molecule has 7 nitrogen and oxygen atoms in total. The number of guanidine groups is 1. The van der Waals surface area contributed by atoms with E-state index in [1.807, 2.05) is 35.4 Å². The minimum Gasteiger partial charge on any atom is -0.352 e. The summed E-state index contributed by atoms with van der Waals surface area (Å²) < 4.78 is 25.4. The zero-order chi connectivity index (χ0) is 19.7. The molecule has 0 bridgehead atoms.